The molecular weight excluding hydrogens is 383 g/mol. The predicted molar refractivity (Wildman–Crippen MR) is 107 cm³/mol. The number of Topliss-reactive ketones (excluding diaryl/α,β-unsaturated/α-hetero) is 1. The third-order valence-electron chi connectivity index (χ3n) is 4.22. The van der Waals surface area contributed by atoms with Crippen LogP contribution in [0.15, 0.2) is 73.1 Å². The summed E-state index contributed by atoms with van der Waals surface area (Å²) in [6, 6.07) is 16.3. The van der Waals surface area contributed by atoms with Crippen LogP contribution in [0.25, 0.3) is 0 Å². The van der Waals surface area contributed by atoms with Gasteiger partial charge in [0.05, 0.1) is 17.7 Å². The van der Waals surface area contributed by atoms with Crippen LogP contribution in [0, 0.1) is 11.3 Å². The molecule has 3 rings (SSSR count). The summed E-state index contributed by atoms with van der Waals surface area (Å²) in [7, 11) is 0. The quantitative estimate of drug-likeness (QED) is 0.453. The second kappa shape index (κ2) is 8.44. The number of hydrogen-bond donors (Lipinski definition) is 2. The van der Waals surface area contributed by atoms with E-state index in [9.17, 15) is 9.90 Å². The third-order valence-corrected chi connectivity index (χ3v) is 4.72. The van der Waals surface area contributed by atoms with Gasteiger partial charge in [-0.2, -0.15) is 0 Å². The Balaban J connectivity index is 2.02. The molecule has 0 aliphatic rings. The summed E-state index contributed by atoms with van der Waals surface area (Å²) in [5.74, 6) is -1.47. The first-order chi connectivity index (χ1) is 13.0. The van der Waals surface area contributed by atoms with E-state index >= 15 is 0 Å². The van der Waals surface area contributed by atoms with Crippen molar-refractivity contribution in [2.24, 2.45) is 5.92 Å². The minimum Gasteiger partial charge on any atom is -0.387 e. The van der Waals surface area contributed by atoms with Gasteiger partial charge in [0.2, 0.25) is 0 Å². The second-order valence-electron chi connectivity index (χ2n) is 6.00. The summed E-state index contributed by atoms with van der Waals surface area (Å²) in [5.41, 5.74) is 1.34. The number of carbonyl (C=O) groups excluding carboxylic acids is 1. The van der Waals surface area contributed by atoms with Crippen LogP contribution < -0.4 is 0 Å². The van der Waals surface area contributed by atoms with E-state index in [4.69, 9.17) is 28.6 Å². The third kappa shape index (κ3) is 4.42. The maximum atomic E-state index is 13.2. The Morgan fingerprint density at radius 3 is 2.00 bits per heavy atom. The van der Waals surface area contributed by atoms with Crippen LogP contribution in [0.5, 0.6) is 0 Å². The Morgan fingerprint density at radius 1 is 0.926 bits per heavy atom. The zero-order chi connectivity index (χ0) is 19.4. The predicted octanol–water partition coefficient (Wildman–Crippen LogP) is 4.99. The number of aliphatic hydroxyl groups excluding tert-OH is 1. The Bertz CT molecular complexity index is 885. The molecule has 0 spiro atoms. The summed E-state index contributed by atoms with van der Waals surface area (Å²) >= 11 is 11.8. The molecule has 1 heterocycles. The molecule has 3 aromatic rings. The second-order valence-corrected chi connectivity index (χ2v) is 6.87. The smallest absolute Gasteiger partial charge is 0.174 e. The van der Waals surface area contributed by atoms with Crippen LogP contribution in [-0.4, -0.2) is 21.6 Å². The highest BCUT2D eigenvalue weighted by atomic mass is 35.5. The Labute approximate surface area is 166 Å². The lowest BCUT2D eigenvalue weighted by Crippen LogP contribution is -2.30. The number of rotatable bonds is 6. The van der Waals surface area contributed by atoms with Crippen molar-refractivity contribution in [1.82, 2.24) is 4.98 Å². The van der Waals surface area contributed by atoms with E-state index in [0.29, 0.717) is 26.7 Å². The molecule has 2 atom stereocenters. The molecule has 27 heavy (non-hydrogen) atoms. The van der Waals surface area contributed by atoms with E-state index in [0.717, 1.165) is 0 Å². The maximum absolute atomic E-state index is 13.2. The molecule has 2 aromatic carbocycles. The fraction of sp³-hybridized carbons (Fsp3) is 0.0952. The topological polar surface area (TPSA) is 74.0 Å². The molecule has 0 aliphatic carbocycles. The summed E-state index contributed by atoms with van der Waals surface area (Å²) in [5, 5.41) is 20.5. The van der Waals surface area contributed by atoms with Gasteiger partial charge in [0.25, 0.3) is 0 Å². The number of nitrogens with one attached hydrogen (secondary N) is 1. The lowest BCUT2D eigenvalue weighted by molar-refractivity contribution is 0.0793. The molecule has 0 bridgehead atoms. The Morgan fingerprint density at radius 2 is 1.48 bits per heavy atom. The van der Waals surface area contributed by atoms with Gasteiger partial charge in [-0.05, 0) is 53.6 Å². The average Bonchev–Trinajstić information content (AvgIpc) is 2.69. The van der Waals surface area contributed by atoms with E-state index in [1.807, 2.05) is 0 Å². The van der Waals surface area contributed by atoms with Crippen LogP contribution >= 0.6 is 23.2 Å². The molecule has 0 saturated heterocycles. The minimum absolute atomic E-state index is 0.00275. The van der Waals surface area contributed by atoms with Gasteiger partial charge in [-0.1, -0.05) is 41.4 Å². The molecule has 0 aliphatic heterocycles. The Kier molecular flexibility index (Phi) is 6.01. The zero-order valence-corrected chi connectivity index (χ0v) is 15.7. The first kappa shape index (κ1) is 19.2. The Hall–Kier alpha value is -2.53. The zero-order valence-electron chi connectivity index (χ0n) is 14.1. The number of halogens is 2. The van der Waals surface area contributed by atoms with Crippen LogP contribution in [0.4, 0.5) is 0 Å². The largest absolute Gasteiger partial charge is 0.387 e. The van der Waals surface area contributed by atoms with Crippen LogP contribution in [-0.2, 0) is 0 Å². The number of carbonyl (C=O) groups is 1. The number of hydrogen-bond acceptors (Lipinski definition) is 4. The van der Waals surface area contributed by atoms with Crippen molar-refractivity contribution in [3.8, 4) is 0 Å². The number of pyridine rings is 1. The fourth-order valence-electron chi connectivity index (χ4n) is 2.78. The van der Waals surface area contributed by atoms with Crippen molar-refractivity contribution in [2.45, 2.75) is 6.10 Å². The number of benzene rings is 2. The fourth-order valence-corrected chi connectivity index (χ4v) is 3.03. The summed E-state index contributed by atoms with van der Waals surface area (Å²) in [4.78, 5) is 17.2. The van der Waals surface area contributed by atoms with Gasteiger partial charge in [0.15, 0.2) is 5.78 Å². The lowest BCUT2D eigenvalue weighted by Gasteiger charge is -2.23. The maximum Gasteiger partial charge on any atom is 0.174 e. The van der Waals surface area contributed by atoms with Crippen LogP contribution in [0.3, 0.4) is 0 Å². The van der Waals surface area contributed by atoms with Crippen molar-refractivity contribution in [1.29, 1.82) is 5.41 Å². The molecule has 0 radical (unpaired) electrons. The van der Waals surface area contributed by atoms with Gasteiger partial charge in [0.1, 0.15) is 0 Å². The summed E-state index contributed by atoms with van der Waals surface area (Å²) < 4.78 is 0. The monoisotopic (exact) mass is 398 g/mol. The molecule has 2 N–H and O–H groups in total. The van der Waals surface area contributed by atoms with Crippen molar-refractivity contribution >= 4 is 34.7 Å². The van der Waals surface area contributed by atoms with E-state index in [2.05, 4.69) is 4.98 Å². The van der Waals surface area contributed by atoms with Gasteiger partial charge >= 0.3 is 0 Å². The number of nitrogens with zero attached hydrogens (tertiary/aromatic N) is 1. The number of ketones is 1. The van der Waals surface area contributed by atoms with Gasteiger partial charge in [0, 0.05) is 28.0 Å². The van der Waals surface area contributed by atoms with Crippen LogP contribution in [0.2, 0.25) is 10.0 Å². The average molecular weight is 399 g/mol. The normalized spacial score (nSPS) is 13.0. The molecule has 0 amide bonds. The lowest BCUT2D eigenvalue weighted by atomic mass is 9.83. The van der Waals surface area contributed by atoms with Gasteiger partial charge in [-0.25, -0.2) is 0 Å². The first-order valence-electron chi connectivity index (χ1n) is 8.19. The van der Waals surface area contributed by atoms with E-state index in [1.54, 1.807) is 66.9 Å². The van der Waals surface area contributed by atoms with E-state index in [1.165, 1.54) is 6.20 Å². The molecule has 6 heteroatoms. The van der Waals surface area contributed by atoms with E-state index < -0.39 is 12.0 Å². The molecule has 0 fully saturated rings. The van der Waals surface area contributed by atoms with E-state index in [-0.39, 0.29) is 11.5 Å². The molecule has 0 saturated carbocycles. The molecule has 4 nitrogen and oxygen atoms in total. The molecular formula is C21H16Cl2N2O2. The highest BCUT2D eigenvalue weighted by Gasteiger charge is 2.33. The molecule has 2 unspecified atom stereocenters. The number of aromatic nitrogens is 1. The highest BCUT2D eigenvalue weighted by Crippen LogP contribution is 2.29. The minimum atomic E-state index is -1.22. The van der Waals surface area contributed by atoms with Crippen molar-refractivity contribution in [2.75, 3.05) is 0 Å². The number of aliphatic hydroxyl groups is 1. The van der Waals surface area contributed by atoms with Crippen molar-refractivity contribution in [3.05, 3.63) is 99.8 Å². The summed E-state index contributed by atoms with van der Waals surface area (Å²) in [6.07, 6.45) is 1.85. The molecule has 1 aromatic heterocycles. The van der Waals surface area contributed by atoms with Gasteiger partial charge < -0.3 is 10.5 Å². The first-order valence-corrected chi connectivity index (χ1v) is 8.95. The van der Waals surface area contributed by atoms with Gasteiger partial charge in [-0.15, -0.1) is 0 Å². The van der Waals surface area contributed by atoms with Crippen molar-refractivity contribution in [3.63, 3.8) is 0 Å². The SMILES string of the molecule is N=C(c1ccc(Cl)cc1)C(C(=O)c1ccc(Cl)cc1)C(O)c1cccnc1. The van der Waals surface area contributed by atoms with Crippen LogP contribution in [0.1, 0.15) is 27.6 Å². The standard InChI is InChI=1S/C21H16Cl2N2O2/c22-16-7-3-13(4-8-16)19(24)18(21(27)15-2-1-11-25-12-15)20(26)14-5-9-17(23)10-6-14/h1-12,18,21,24,27H. The highest BCUT2D eigenvalue weighted by molar-refractivity contribution is 6.31. The molecule has 136 valence electrons. The summed E-state index contributed by atoms with van der Waals surface area (Å²) in [6.45, 7) is 0. The van der Waals surface area contributed by atoms with Gasteiger partial charge in [-0.3, -0.25) is 9.78 Å². The van der Waals surface area contributed by atoms with Crippen molar-refractivity contribution < 1.29 is 9.90 Å².